The van der Waals surface area contributed by atoms with Crippen molar-refractivity contribution in [2.45, 2.75) is 39.3 Å². The van der Waals surface area contributed by atoms with Gasteiger partial charge in [-0.15, -0.1) is 0 Å². The summed E-state index contributed by atoms with van der Waals surface area (Å²) in [4.78, 5) is 8.63. The highest BCUT2D eigenvalue weighted by molar-refractivity contribution is 5.13. The van der Waals surface area contributed by atoms with Gasteiger partial charge in [0.1, 0.15) is 6.61 Å². The molecule has 0 atom stereocenters. The van der Waals surface area contributed by atoms with Crippen molar-refractivity contribution in [2.75, 3.05) is 6.61 Å². The maximum atomic E-state index is 5.45. The van der Waals surface area contributed by atoms with Gasteiger partial charge in [-0.2, -0.15) is 4.98 Å². The topological polar surface area (TPSA) is 47.0 Å². The first-order chi connectivity index (χ1) is 8.28. The predicted octanol–water partition coefficient (Wildman–Crippen LogP) is 1.99. The standard InChI is InChI=1S/C13H19N3O/c1-3-4-7-17-13-15-10(2)8-12(16-13)9-14-11-5-6-11/h3-4,8,11,14H,5-7,9H2,1-2H3/b4-3+. The minimum atomic E-state index is 0.468. The van der Waals surface area contributed by atoms with Crippen LogP contribution in [0.1, 0.15) is 31.2 Å². The third-order valence-corrected chi connectivity index (χ3v) is 2.58. The number of allylic oxidation sites excluding steroid dienone is 1. The van der Waals surface area contributed by atoms with Crippen LogP contribution in [-0.2, 0) is 6.54 Å². The summed E-state index contributed by atoms with van der Waals surface area (Å²) in [6.45, 7) is 5.25. The number of hydrogen-bond donors (Lipinski definition) is 1. The van der Waals surface area contributed by atoms with E-state index in [4.69, 9.17) is 4.74 Å². The van der Waals surface area contributed by atoms with Gasteiger partial charge in [0.25, 0.3) is 0 Å². The average Bonchev–Trinajstić information content (AvgIpc) is 3.10. The van der Waals surface area contributed by atoms with Crippen LogP contribution in [0.2, 0.25) is 0 Å². The van der Waals surface area contributed by atoms with Crippen LogP contribution < -0.4 is 10.1 Å². The van der Waals surface area contributed by atoms with E-state index in [9.17, 15) is 0 Å². The minimum absolute atomic E-state index is 0.468. The number of aryl methyl sites for hydroxylation is 1. The Morgan fingerprint density at radius 2 is 2.29 bits per heavy atom. The molecule has 0 unspecified atom stereocenters. The molecule has 1 saturated carbocycles. The fraction of sp³-hybridized carbons (Fsp3) is 0.538. The minimum Gasteiger partial charge on any atom is -0.459 e. The summed E-state index contributed by atoms with van der Waals surface area (Å²) >= 11 is 0. The molecular weight excluding hydrogens is 214 g/mol. The van der Waals surface area contributed by atoms with E-state index in [0.717, 1.165) is 17.9 Å². The van der Waals surface area contributed by atoms with Crippen LogP contribution in [0.15, 0.2) is 18.2 Å². The molecule has 0 spiro atoms. The molecule has 92 valence electrons. The molecule has 1 heterocycles. The Morgan fingerprint density at radius 3 is 3.00 bits per heavy atom. The molecule has 1 N–H and O–H groups in total. The van der Waals surface area contributed by atoms with Gasteiger partial charge in [-0.3, -0.25) is 0 Å². The summed E-state index contributed by atoms with van der Waals surface area (Å²) in [5.74, 6) is 0. The van der Waals surface area contributed by atoms with Crippen LogP contribution >= 0.6 is 0 Å². The largest absolute Gasteiger partial charge is 0.459 e. The van der Waals surface area contributed by atoms with Crippen LogP contribution in [-0.4, -0.2) is 22.6 Å². The Hall–Kier alpha value is -1.42. The number of hydrogen-bond acceptors (Lipinski definition) is 4. The van der Waals surface area contributed by atoms with Crippen LogP contribution in [0.5, 0.6) is 6.01 Å². The lowest BCUT2D eigenvalue weighted by Crippen LogP contribution is -2.17. The molecule has 17 heavy (non-hydrogen) atoms. The smallest absolute Gasteiger partial charge is 0.317 e. The third kappa shape index (κ3) is 4.15. The molecule has 0 saturated heterocycles. The van der Waals surface area contributed by atoms with Crippen molar-refractivity contribution in [3.05, 3.63) is 29.6 Å². The number of nitrogens with zero attached hydrogens (tertiary/aromatic N) is 2. The maximum Gasteiger partial charge on any atom is 0.317 e. The van der Waals surface area contributed by atoms with E-state index >= 15 is 0 Å². The SMILES string of the molecule is C/C=C/COc1nc(C)cc(CNC2CC2)n1. The molecule has 0 amide bonds. The Morgan fingerprint density at radius 1 is 1.47 bits per heavy atom. The monoisotopic (exact) mass is 233 g/mol. The van der Waals surface area contributed by atoms with E-state index in [1.807, 2.05) is 32.1 Å². The first-order valence-electron chi connectivity index (χ1n) is 6.10. The van der Waals surface area contributed by atoms with Crippen molar-refractivity contribution in [2.24, 2.45) is 0 Å². The van der Waals surface area contributed by atoms with Gasteiger partial charge < -0.3 is 10.1 Å². The molecule has 4 heteroatoms. The Kier molecular flexibility index (Phi) is 4.09. The van der Waals surface area contributed by atoms with Gasteiger partial charge in [-0.1, -0.05) is 12.2 Å². The highest BCUT2D eigenvalue weighted by Gasteiger charge is 2.20. The normalized spacial score (nSPS) is 15.4. The second-order valence-corrected chi connectivity index (χ2v) is 4.32. The molecule has 1 fully saturated rings. The highest BCUT2D eigenvalue weighted by Crippen LogP contribution is 2.19. The van der Waals surface area contributed by atoms with Gasteiger partial charge >= 0.3 is 6.01 Å². The summed E-state index contributed by atoms with van der Waals surface area (Å²) in [5, 5.41) is 3.43. The summed E-state index contributed by atoms with van der Waals surface area (Å²) in [5.41, 5.74) is 1.95. The predicted molar refractivity (Wildman–Crippen MR) is 66.9 cm³/mol. The zero-order chi connectivity index (χ0) is 12.1. The molecule has 2 rings (SSSR count). The molecule has 0 aromatic carbocycles. The summed E-state index contributed by atoms with van der Waals surface area (Å²) in [7, 11) is 0. The van der Waals surface area contributed by atoms with E-state index in [-0.39, 0.29) is 0 Å². The van der Waals surface area contributed by atoms with Crippen LogP contribution in [0.4, 0.5) is 0 Å². The lowest BCUT2D eigenvalue weighted by atomic mass is 10.3. The lowest BCUT2D eigenvalue weighted by molar-refractivity contribution is 0.330. The first kappa shape index (κ1) is 12.0. The van der Waals surface area contributed by atoms with E-state index in [1.165, 1.54) is 12.8 Å². The molecule has 1 aliphatic carbocycles. The lowest BCUT2D eigenvalue weighted by Gasteiger charge is -2.06. The van der Waals surface area contributed by atoms with E-state index < -0.39 is 0 Å². The van der Waals surface area contributed by atoms with Crippen molar-refractivity contribution in [3.8, 4) is 6.01 Å². The molecule has 0 radical (unpaired) electrons. The Labute approximate surface area is 102 Å². The van der Waals surface area contributed by atoms with Gasteiger partial charge in [-0.05, 0) is 32.8 Å². The summed E-state index contributed by atoms with van der Waals surface area (Å²) < 4.78 is 5.45. The van der Waals surface area contributed by atoms with Crippen molar-refractivity contribution in [1.29, 1.82) is 0 Å². The van der Waals surface area contributed by atoms with Gasteiger partial charge in [0, 0.05) is 18.3 Å². The molecule has 1 aromatic heterocycles. The van der Waals surface area contributed by atoms with Gasteiger partial charge in [0.15, 0.2) is 0 Å². The van der Waals surface area contributed by atoms with Crippen LogP contribution in [0, 0.1) is 6.92 Å². The molecular formula is C13H19N3O. The number of nitrogens with one attached hydrogen (secondary N) is 1. The molecule has 1 aromatic rings. The van der Waals surface area contributed by atoms with Gasteiger partial charge in [0.2, 0.25) is 0 Å². The number of rotatable bonds is 6. The van der Waals surface area contributed by atoms with E-state index in [1.54, 1.807) is 0 Å². The zero-order valence-electron chi connectivity index (χ0n) is 10.4. The second kappa shape index (κ2) is 5.77. The fourth-order valence-corrected chi connectivity index (χ4v) is 1.51. The maximum absolute atomic E-state index is 5.45. The number of aromatic nitrogens is 2. The van der Waals surface area contributed by atoms with Crippen molar-refractivity contribution < 1.29 is 4.74 Å². The van der Waals surface area contributed by atoms with E-state index in [0.29, 0.717) is 18.7 Å². The second-order valence-electron chi connectivity index (χ2n) is 4.32. The van der Waals surface area contributed by atoms with Crippen LogP contribution in [0.3, 0.4) is 0 Å². The van der Waals surface area contributed by atoms with Crippen molar-refractivity contribution >= 4 is 0 Å². The Balaban J connectivity index is 1.94. The average molecular weight is 233 g/mol. The zero-order valence-corrected chi connectivity index (χ0v) is 10.4. The van der Waals surface area contributed by atoms with Crippen molar-refractivity contribution in [3.63, 3.8) is 0 Å². The van der Waals surface area contributed by atoms with Gasteiger partial charge in [-0.25, -0.2) is 4.98 Å². The summed E-state index contributed by atoms with van der Waals surface area (Å²) in [6, 6.07) is 3.16. The fourth-order valence-electron chi connectivity index (χ4n) is 1.51. The molecule has 1 aliphatic rings. The molecule has 0 aliphatic heterocycles. The molecule has 4 nitrogen and oxygen atoms in total. The van der Waals surface area contributed by atoms with E-state index in [2.05, 4.69) is 15.3 Å². The highest BCUT2D eigenvalue weighted by atomic mass is 16.5. The molecule has 0 bridgehead atoms. The third-order valence-electron chi connectivity index (χ3n) is 2.58. The summed E-state index contributed by atoms with van der Waals surface area (Å²) in [6.07, 6.45) is 6.46. The Bertz CT molecular complexity index is 400. The quantitative estimate of drug-likeness (QED) is 0.763. The van der Waals surface area contributed by atoms with Crippen LogP contribution in [0.25, 0.3) is 0 Å². The number of ether oxygens (including phenoxy) is 1. The van der Waals surface area contributed by atoms with Crippen molar-refractivity contribution in [1.82, 2.24) is 15.3 Å². The first-order valence-corrected chi connectivity index (χ1v) is 6.10. The van der Waals surface area contributed by atoms with Gasteiger partial charge in [0.05, 0.1) is 5.69 Å².